The highest BCUT2D eigenvalue weighted by molar-refractivity contribution is 8.13. The minimum absolute atomic E-state index is 0.556. The van der Waals surface area contributed by atoms with E-state index in [0.717, 1.165) is 0 Å². The molecule has 0 atom stereocenters. The molecule has 0 amide bonds. The molecule has 0 aromatic carbocycles. The summed E-state index contributed by atoms with van der Waals surface area (Å²) >= 11 is 5.43. The van der Waals surface area contributed by atoms with Crippen LogP contribution < -0.4 is 5.73 Å². The number of anilines is 1. The summed E-state index contributed by atoms with van der Waals surface area (Å²) in [5.74, 6) is 0. The molecule has 0 aliphatic carbocycles. The number of rotatable bonds is 2. The van der Waals surface area contributed by atoms with Crippen LogP contribution in [0.4, 0.5) is 14.5 Å². The zero-order valence-corrected chi connectivity index (χ0v) is 9.24. The number of pyridine rings is 1. The summed E-state index contributed by atoms with van der Waals surface area (Å²) in [6.45, 7) is 0. The van der Waals surface area contributed by atoms with Crippen LogP contribution in [-0.4, -0.2) is 13.4 Å². The number of nitrogens with zero attached hydrogens (tertiary/aromatic N) is 1. The van der Waals surface area contributed by atoms with Gasteiger partial charge in [-0.05, 0) is 0 Å². The van der Waals surface area contributed by atoms with Crippen molar-refractivity contribution in [1.82, 2.24) is 4.98 Å². The first-order valence-electron chi connectivity index (χ1n) is 3.42. The lowest BCUT2D eigenvalue weighted by molar-refractivity contribution is 0.151. The molecule has 15 heavy (non-hydrogen) atoms. The van der Waals surface area contributed by atoms with Crippen LogP contribution in [0.25, 0.3) is 0 Å². The lowest BCUT2D eigenvalue weighted by Crippen LogP contribution is -2.04. The van der Waals surface area contributed by atoms with E-state index < -0.39 is 36.8 Å². The molecule has 0 bridgehead atoms. The van der Waals surface area contributed by atoms with Gasteiger partial charge in [0.15, 0.2) is 5.03 Å². The molecule has 0 aliphatic heterocycles. The van der Waals surface area contributed by atoms with E-state index in [9.17, 15) is 17.2 Å². The molecule has 0 unspecified atom stereocenters. The molecule has 0 spiro atoms. The van der Waals surface area contributed by atoms with Gasteiger partial charge in [0.25, 0.3) is 15.5 Å². The van der Waals surface area contributed by atoms with Crippen LogP contribution in [0.1, 0.15) is 12.0 Å². The fourth-order valence-corrected chi connectivity index (χ4v) is 2.04. The Morgan fingerprint density at radius 2 is 2.00 bits per heavy atom. The molecule has 0 saturated heterocycles. The third kappa shape index (κ3) is 2.47. The summed E-state index contributed by atoms with van der Waals surface area (Å²) in [6.07, 6.45) is -2.27. The number of aromatic nitrogens is 1. The summed E-state index contributed by atoms with van der Waals surface area (Å²) in [4.78, 5) is 3.22. The van der Waals surface area contributed by atoms with Crippen molar-refractivity contribution in [2.45, 2.75) is 11.5 Å². The molecule has 1 rings (SSSR count). The van der Waals surface area contributed by atoms with Gasteiger partial charge in [-0.25, -0.2) is 22.2 Å². The number of alkyl halides is 2. The Balaban J connectivity index is 3.48. The Morgan fingerprint density at radius 3 is 2.40 bits per heavy atom. The Morgan fingerprint density at radius 1 is 1.47 bits per heavy atom. The molecule has 2 N–H and O–H groups in total. The van der Waals surface area contributed by atoms with Gasteiger partial charge in [-0.1, -0.05) is 11.6 Å². The van der Waals surface area contributed by atoms with Crippen molar-refractivity contribution >= 4 is 37.0 Å². The second-order valence-corrected chi connectivity index (χ2v) is 5.34. The average Bonchev–Trinajstić information content (AvgIpc) is 2.06. The first-order valence-corrected chi connectivity index (χ1v) is 6.10. The zero-order valence-electron chi connectivity index (χ0n) is 6.92. The molecule has 1 heterocycles. The van der Waals surface area contributed by atoms with E-state index in [2.05, 4.69) is 4.98 Å². The van der Waals surface area contributed by atoms with Gasteiger partial charge >= 0.3 is 0 Å². The van der Waals surface area contributed by atoms with Crippen LogP contribution in [0, 0.1) is 0 Å². The predicted octanol–water partition coefficient (Wildman–Crippen LogP) is 2.18. The molecule has 0 saturated carbocycles. The zero-order chi connectivity index (χ0) is 11.8. The molecule has 9 heteroatoms. The van der Waals surface area contributed by atoms with Gasteiger partial charge in [-0.2, -0.15) is 0 Å². The number of halogens is 4. The fourth-order valence-electron chi connectivity index (χ4n) is 0.850. The average molecular weight is 277 g/mol. The molecule has 84 valence electrons. The monoisotopic (exact) mass is 276 g/mol. The maximum atomic E-state index is 12.3. The van der Waals surface area contributed by atoms with E-state index in [1.807, 2.05) is 0 Å². The van der Waals surface area contributed by atoms with Gasteiger partial charge < -0.3 is 5.73 Å². The molecule has 0 aliphatic rings. The normalized spacial score (nSPS) is 12.1. The van der Waals surface area contributed by atoms with Gasteiger partial charge in [0.2, 0.25) is 0 Å². The highest BCUT2D eigenvalue weighted by Crippen LogP contribution is 2.34. The largest absolute Gasteiger partial charge is 0.395 e. The first kappa shape index (κ1) is 12.4. The second-order valence-electron chi connectivity index (χ2n) is 2.48. The van der Waals surface area contributed by atoms with Gasteiger partial charge in [0, 0.05) is 16.9 Å². The van der Waals surface area contributed by atoms with E-state index in [0.29, 0.717) is 6.20 Å². The van der Waals surface area contributed by atoms with E-state index in [1.165, 1.54) is 0 Å². The quantitative estimate of drug-likeness (QED) is 0.841. The van der Waals surface area contributed by atoms with Crippen LogP contribution in [-0.2, 0) is 9.05 Å². The highest BCUT2D eigenvalue weighted by atomic mass is 35.7. The van der Waals surface area contributed by atoms with Crippen molar-refractivity contribution in [2.24, 2.45) is 0 Å². The number of hydrogen-bond donors (Lipinski definition) is 1. The molecule has 4 nitrogen and oxygen atoms in total. The summed E-state index contributed by atoms with van der Waals surface area (Å²) in [7, 11) is 0.760. The predicted molar refractivity (Wildman–Crippen MR) is 51.7 cm³/mol. The fraction of sp³-hybridized carbons (Fsp3) is 0.167. The minimum Gasteiger partial charge on any atom is -0.395 e. The van der Waals surface area contributed by atoms with E-state index in [4.69, 9.17) is 28.0 Å². The topological polar surface area (TPSA) is 73.1 Å². The van der Waals surface area contributed by atoms with E-state index >= 15 is 0 Å². The minimum atomic E-state index is -4.19. The van der Waals surface area contributed by atoms with Crippen LogP contribution >= 0.6 is 22.3 Å². The van der Waals surface area contributed by atoms with Crippen molar-refractivity contribution in [2.75, 3.05) is 5.73 Å². The Kier molecular flexibility index (Phi) is 3.37. The van der Waals surface area contributed by atoms with Crippen molar-refractivity contribution in [3.05, 3.63) is 16.8 Å². The van der Waals surface area contributed by atoms with Crippen LogP contribution in [0.15, 0.2) is 11.2 Å². The van der Waals surface area contributed by atoms with Crippen LogP contribution in [0.2, 0.25) is 5.02 Å². The summed E-state index contributed by atoms with van der Waals surface area (Å²) in [6, 6.07) is 0. The third-order valence-corrected chi connectivity index (χ3v) is 3.15. The second kappa shape index (κ2) is 4.07. The highest BCUT2D eigenvalue weighted by Gasteiger charge is 2.23. The molecular formula is C6H4Cl2F2N2O2S. The number of nitrogen functional groups attached to an aromatic ring is 1. The van der Waals surface area contributed by atoms with E-state index in [-0.39, 0.29) is 0 Å². The van der Waals surface area contributed by atoms with Crippen LogP contribution in [0.5, 0.6) is 0 Å². The van der Waals surface area contributed by atoms with Gasteiger partial charge in [-0.15, -0.1) is 0 Å². The van der Waals surface area contributed by atoms with Crippen molar-refractivity contribution in [1.29, 1.82) is 0 Å². The molecular weight excluding hydrogens is 273 g/mol. The maximum absolute atomic E-state index is 12.3. The summed E-state index contributed by atoms with van der Waals surface area (Å²) in [5.41, 5.74) is 4.00. The summed E-state index contributed by atoms with van der Waals surface area (Å²) in [5, 5.41) is -1.28. The maximum Gasteiger partial charge on any atom is 0.280 e. The van der Waals surface area contributed by atoms with Crippen LogP contribution in [0.3, 0.4) is 0 Å². The third-order valence-electron chi connectivity index (χ3n) is 1.51. The van der Waals surface area contributed by atoms with Gasteiger partial charge in [-0.3, -0.25) is 0 Å². The SMILES string of the molecule is Nc1c(S(=O)(=O)Cl)ncc(C(F)F)c1Cl. The Bertz CT molecular complexity index is 492. The number of hydrogen-bond acceptors (Lipinski definition) is 4. The first-order chi connectivity index (χ1) is 6.75. The van der Waals surface area contributed by atoms with Crippen molar-refractivity contribution < 1.29 is 17.2 Å². The lowest BCUT2D eigenvalue weighted by Gasteiger charge is -2.07. The van der Waals surface area contributed by atoms with Crippen molar-refractivity contribution in [3.63, 3.8) is 0 Å². The molecule has 0 radical (unpaired) electrons. The van der Waals surface area contributed by atoms with Gasteiger partial charge in [0.1, 0.15) is 0 Å². The Labute approximate surface area is 93.4 Å². The molecule has 1 aromatic heterocycles. The van der Waals surface area contributed by atoms with E-state index in [1.54, 1.807) is 0 Å². The summed E-state index contributed by atoms with van der Waals surface area (Å²) < 4.78 is 46.3. The Hall–Kier alpha value is -0.660. The van der Waals surface area contributed by atoms with Crippen molar-refractivity contribution in [3.8, 4) is 0 Å². The number of nitrogens with two attached hydrogens (primary N) is 1. The lowest BCUT2D eigenvalue weighted by atomic mass is 10.3. The van der Waals surface area contributed by atoms with Gasteiger partial charge in [0.05, 0.1) is 16.3 Å². The standard InChI is InChI=1S/C6H4Cl2F2N2O2S/c7-3-2(5(9)10)1-12-6(4(3)11)15(8,13)14/h1,5H,11H2. The smallest absolute Gasteiger partial charge is 0.280 e. The molecule has 1 aromatic rings. The molecule has 0 fully saturated rings.